The third-order valence-corrected chi connectivity index (χ3v) is 3.73. The van der Waals surface area contributed by atoms with E-state index in [-0.39, 0.29) is 11.4 Å². The molecule has 0 amide bonds. The fraction of sp³-hybridized carbons (Fsp3) is 0.278. The first kappa shape index (κ1) is 15.1. The fourth-order valence-electron chi connectivity index (χ4n) is 2.33. The van der Waals surface area contributed by atoms with Crippen LogP contribution in [0.5, 0.6) is 5.75 Å². The van der Waals surface area contributed by atoms with E-state index in [0.717, 1.165) is 5.69 Å². The van der Waals surface area contributed by atoms with E-state index in [2.05, 4.69) is 43.4 Å². The van der Waals surface area contributed by atoms with Crippen molar-refractivity contribution in [2.45, 2.75) is 26.2 Å². The van der Waals surface area contributed by atoms with Crippen LogP contribution in [0.4, 0.5) is 5.69 Å². The Hall–Kier alpha value is -2.29. The van der Waals surface area contributed by atoms with Crippen LogP contribution in [0, 0.1) is 0 Å². The van der Waals surface area contributed by atoms with Gasteiger partial charge in [0.05, 0.1) is 0 Å². The minimum absolute atomic E-state index is 0.110. The van der Waals surface area contributed by atoms with Crippen molar-refractivity contribution in [3.63, 3.8) is 0 Å². The quantitative estimate of drug-likeness (QED) is 0.681. The van der Waals surface area contributed by atoms with E-state index in [1.807, 2.05) is 31.3 Å². The molecule has 1 N–H and O–H groups in total. The van der Waals surface area contributed by atoms with Gasteiger partial charge in [0.1, 0.15) is 5.75 Å². The molecule has 3 heteroatoms. The first-order valence-corrected chi connectivity index (χ1v) is 7.01. The molecule has 0 aliphatic heterocycles. The molecular formula is C18H21NO2. The van der Waals surface area contributed by atoms with Crippen LogP contribution in [0.2, 0.25) is 0 Å². The van der Waals surface area contributed by atoms with Gasteiger partial charge in [0.15, 0.2) is 0 Å². The molecule has 0 aliphatic carbocycles. The van der Waals surface area contributed by atoms with Crippen molar-refractivity contribution in [1.82, 2.24) is 0 Å². The molecule has 0 spiro atoms. The van der Waals surface area contributed by atoms with Crippen molar-refractivity contribution >= 4 is 11.7 Å². The van der Waals surface area contributed by atoms with Gasteiger partial charge >= 0.3 is 5.97 Å². The predicted molar refractivity (Wildman–Crippen MR) is 85.9 cm³/mol. The number of carbonyl (C=O) groups is 1. The molecule has 0 unspecified atom stereocenters. The lowest BCUT2D eigenvalue weighted by atomic mass is 9.78. The summed E-state index contributed by atoms with van der Waals surface area (Å²) in [6.45, 7) is 5.77. The molecule has 0 saturated heterocycles. The van der Waals surface area contributed by atoms with E-state index in [4.69, 9.17) is 4.74 Å². The van der Waals surface area contributed by atoms with Gasteiger partial charge in [-0.25, -0.2) is 0 Å². The van der Waals surface area contributed by atoms with E-state index >= 15 is 0 Å². The van der Waals surface area contributed by atoms with Crippen LogP contribution in [0.25, 0.3) is 0 Å². The van der Waals surface area contributed by atoms with Gasteiger partial charge in [-0.1, -0.05) is 38.1 Å². The summed E-state index contributed by atoms with van der Waals surface area (Å²) in [6, 6.07) is 16.1. The summed E-state index contributed by atoms with van der Waals surface area (Å²) in [7, 11) is 1.91. The Bertz CT molecular complexity index is 613. The molecule has 2 aromatic rings. The Balaban J connectivity index is 2.27. The lowest BCUT2D eigenvalue weighted by Crippen LogP contribution is -2.18. The van der Waals surface area contributed by atoms with Crippen molar-refractivity contribution in [1.29, 1.82) is 0 Å². The number of ether oxygens (including phenoxy) is 1. The van der Waals surface area contributed by atoms with Gasteiger partial charge in [0.25, 0.3) is 0 Å². The zero-order valence-electron chi connectivity index (χ0n) is 12.9. The Kier molecular flexibility index (Phi) is 4.32. The van der Waals surface area contributed by atoms with Gasteiger partial charge in [0, 0.05) is 25.1 Å². The van der Waals surface area contributed by atoms with Crippen LogP contribution in [0.15, 0.2) is 48.5 Å². The van der Waals surface area contributed by atoms with Crippen LogP contribution < -0.4 is 10.1 Å². The molecule has 21 heavy (non-hydrogen) atoms. The third-order valence-electron chi connectivity index (χ3n) is 3.73. The summed E-state index contributed by atoms with van der Waals surface area (Å²) in [5.41, 5.74) is 3.40. The van der Waals surface area contributed by atoms with Gasteiger partial charge in [0.2, 0.25) is 0 Å². The maximum absolute atomic E-state index is 10.9. The number of hydrogen-bond donors (Lipinski definition) is 1. The van der Waals surface area contributed by atoms with Crippen LogP contribution >= 0.6 is 0 Å². The van der Waals surface area contributed by atoms with E-state index < -0.39 is 0 Å². The fourth-order valence-corrected chi connectivity index (χ4v) is 2.33. The molecule has 0 saturated carbocycles. The molecular weight excluding hydrogens is 262 g/mol. The smallest absolute Gasteiger partial charge is 0.308 e. The topological polar surface area (TPSA) is 38.3 Å². The molecule has 0 aliphatic rings. The second kappa shape index (κ2) is 6.00. The van der Waals surface area contributed by atoms with Crippen LogP contribution in [0.3, 0.4) is 0 Å². The molecule has 0 heterocycles. The van der Waals surface area contributed by atoms with Gasteiger partial charge in [-0.15, -0.1) is 0 Å². The number of rotatable bonds is 4. The average molecular weight is 283 g/mol. The summed E-state index contributed by atoms with van der Waals surface area (Å²) < 4.78 is 5.07. The molecule has 0 atom stereocenters. The van der Waals surface area contributed by atoms with Crippen molar-refractivity contribution in [2.75, 3.05) is 12.4 Å². The highest BCUT2D eigenvalue weighted by Crippen LogP contribution is 2.33. The summed E-state index contributed by atoms with van der Waals surface area (Å²) >= 11 is 0. The van der Waals surface area contributed by atoms with Gasteiger partial charge < -0.3 is 10.1 Å². The van der Waals surface area contributed by atoms with Crippen molar-refractivity contribution < 1.29 is 9.53 Å². The minimum Gasteiger partial charge on any atom is -0.427 e. The van der Waals surface area contributed by atoms with Crippen LogP contribution in [-0.4, -0.2) is 13.0 Å². The van der Waals surface area contributed by atoms with Gasteiger partial charge in [-0.3, -0.25) is 4.79 Å². The number of carbonyl (C=O) groups excluding carboxylic acids is 1. The van der Waals surface area contributed by atoms with Crippen LogP contribution in [-0.2, 0) is 10.2 Å². The highest BCUT2D eigenvalue weighted by Gasteiger charge is 2.23. The van der Waals surface area contributed by atoms with Gasteiger partial charge in [-0.2, -0.15) is 0 Å². The summed E-state index contributed by atoms with van der Waals surface area (Å²) in [6.07, 6.45) is 0. The largest absolute Gasteiger partial charge is 0.427 e. The third kappa shape index (κ3) is 3.43. The average Bonchev–Trinajstić information content (AvgIpc) is 2.47. The van der Waals surface area contributed by atoms with Crippen LogP contribution in [0.1, 0.15) is 31.9 Å². The maximum atomic E-state index is 10.9. The number of benzene rings is 2. The SMILES string of the molecule is CNc1ccc(C(C)(C)c2ccc(OC(C)=O)cc2)cc1. The zero-order valence-corrected chi connectivity index (χ0v) is 12.9. The molecule has 0 bridgehead atoms. The Morgan fingerprint density at radius 1 is 0.952 bits per heavy atom. The molecule has 0 fully saturated rings. The first-order valence-electron chi connectivity index (χ1n) is 7.01. The number of anilines is 1. The number of hydrogen-bond acceptors (Lipinski definition) is 3. The second-order valence-electron chi connectivity index (χ2n) is 5.57. The minimum atomic E-state index is -0.301. The number of nitrogens with one attached hydrogen (secondary N) is 1. The summed E-state index contributed by atoms with van der Waals surface area (Å²) in [4.78, 5) is 10.9. The normalized spacial score (nSPS) is 11.0. The Labute approximate surface area is 126 Å². The standard InChI is InChI=1S/C18H21NO2/c1-13(20)21-17-11-7-15(8-12-17)18(2,3)14-5-9-16(19-4)10-6-14/h5-12,19H,1-4H3. The van der Waals surface area contributed by atoms with E-state index in [1.165, 1.54) is 18.1 Å². The van der Waals surface area contributed by atoms with Gasteiger partial charge in [-0.05, 0) is 35.4 Å². The lowest BCUT2D eigenvalue weighted by molar-refractivity contribution is -0.131. The van der Waals surface area contributed by atoms with E-state index in [9.17, 15) is 4.79 Å². The predicted octanol–water partition coefficient (Wildman–Crippen LogP) is 3.98. The van der Waals surface area contributed by atoms with Crippen molar-refractivity contribution in [3.8, 4) is 5.75 Å². The summed E-state index contributed by atoms with van der Waals surface area (Å²) in [5.74, 6) is 0.275. The molecule has 110 valence electrons. The molecule has 2 rings (SSSR count). The molecule has 3 nitrogen and oxygen atoms in total. The summed E-state index contributed by atoms with van der Waals surface area (Å²) in [5, 5.41) is 3.12. The highest BCUT2D eigenvalue weighted by atomic mass is 16.5. The van der Waals surface area contributed by atoms with Crippen molar-refractivity contribution in [3.05, 3.63) is 59.7 Å². The maximum Gasteiger partial charge on any atom is 0.308 e. The van der Waals surface area contributed by atoms with Crippen molar-refractivity contribution in [2.24, 2.45) is 0 Å². The second-order valence-corrected chi connectivity index (χ2v) is 5.57. The molecule has 0 aromatic heterocycles. The first-order chi connectivity index (χ1) is 9.93. The highest BCUT2D eigenvalue weighted by molar-refractivity contribution is 5.69. The zero-order chi connectivity index (χ0) is 15.5. The van der Waals surface area contributed by atoms with E-state index in [0.29, 0.717) is 5.75 Å². The molecule has 0 radical (unpaired) electrons. The Morgan fingerprint density at radius 3 is 1.86 bits per heavy atom. The number of esters is 1. The monoisotopic (exact) mass is 283 g/mol. The Morgan fingerprint density at radius 2 is 1.43 bits per heavy atom. The molecule has 2 aromatic carbocycles. The lowest BCUT2D eigenvalue weighted by Gasteiger charge is -2.26. The van der Waals surface area contributed by atoms with E-state index in [1.54, 1.807) is 0 Å².